The minimum absolute atomic E-state index is 0.333. The molecule has 4 heteroatoms. The van der Waals surface area contributed by atoms with Gasteiger partial charge in [-0.25, -0.2) is 8.78 Å². The van der Waals surface area contributed by atoms with Gasteiger partial charge in [0, 0.05) is 18.4 Å². The SMILES string of the molecule is Fc1cccc(OC(CCCl)c2cccc(F)c2)c1. The van der Waals surface area contributed by atoms with Crippen molar-refractivity contribution in [3.63, 3.8) is 0 Å². The molecule has 1 atom stereocenters. The molecular weight excluding hydrogens is 270 g/mol. The largest absolute Gasteiger partial charge is 0.486 e. The Morgan fingerprint density at radius 1 is 1.00 bits per heavy atom. The van der Waals surface area contributed by atoms with E-state index in [2.05, 4.69) is 0 Å². The van der Waals surface area contributed by atoms with E-state index >= 15 is 0 Å². The molecule has 0 bridgehead atoms. The average Bonchev–Trinajstić information content (AvgIpc) is 2.38. The van der Waals surface area contributed by atoms with E-state index in [1.54, 1.807) is 24.3 Å². The Balaban J connectivity index is 2.21. The van der Waals surface area contributed by atoms with Crippen LogP contribution in [-0.4, -0.2) is 5.88 Å². The minimum Gasteiger partial charge on any atom is -0.486 e. The first-order chi connectivity index (χ1) is 9.19. The Labute approximate surface area is 115 Å². The molecule has 2 aromatic rings. The molecule has 0 N–H and O–H groups in total. The Hall–Kier alpha value is -1.61. The van der Waals surface area contributed by atoms with Crippen LogP contribution in [0.3, 0.4) is 0 Å². The standard InChI is InChI=1S/C15H13ClF2O/c16-8-7-15(11-3-1-4-12(17)9-11)19-14-6-2-5-13(18)10-14/h1-6,9-10,15H,7-8H2. The topological polar surface area (TPSA) is 9.23 Å². The van der Waals surface area contributed by atoms with Crippen LogP contribution in [0.25, 0.3) is 0 Å². The fraction of sp³-hybridized carbons (Fsp3) is 0.200. The molecule has 0 heterocycles. The number of ether oxygens (including phenoxy) is 1. The van der Waals surface area contributed by atoms with Gasteiger partial charge in [-0.1, -0.05) is 18.2 Å². The van der Waals surface area contributed by atoms with Gasteiger partial charge < -0.3 is 4.74 Å². The van der Waals surface area contributed by atoms with E-state index < -0.39 is 6.10 Å². The van der Waals surface area contributed by atoms with E-state index in [1.165, 1.54) is 24.3 Å². The van der Waals surface area contributed by atoms with Crippen molar-refractivity contribution in [2.45, 2.75) is 12.5 Å². The molecule has 2 aromatic carbocycles. The molecule has 100 valence electrons. The lowest BCUT2D eigenvalue weighted by atomic mass is 10.1. The summed E-state index contributed by atoms with van der Waals surface area (Å²) in [7, 11) is 0. The van der Waals surface area contributed by atoms with Gasteiger partial charge in [0.2, 0.25) is 0 Å². The average molecular weight is 283 g/mol. The number of benzene rings is 2. The molecule has 2 rings (SSSR count). The molecule has 0 saturated heterocycles. The van der Waals surface area contributed by atoms with Gasteiger partial charge >= 0.3 is 0 Å². The second-order valence-electron chi connectivity index (χ2n) is 4.10. The van der Waals surface area contributed by atoms with Crippen LogP contribution in [0.2, 0.25) is 0 Å². The predicted octanol–water partition coefficient (Wildman–Crippen LogP) is 4.71. The van der Waals surface area contributed by atoms with Crippen LogP contribution in [0.4, 0.5) is 8.78 Å². The fourth-order valence-corrected chi connectivity index (χ4v) is 2.00. The zero-order valence-electron chi connectivity index (χ0n) is 10.2. The monoisotopic (exact) mass is 282 g/mol. The van der Waals surface area contributed by atoms with Gasteiger partial charge in [-0.2, -0.15) is 0 Å². The first-order valence-electron chi connectivity index (χ1n) is 5.92. The number of alkyl halides is 1. The van der Waals surface area contributed by atoms with Crippen molar-refractivity contribution in [2.24, 2.45) is 0 Å². The smallest absolute Gasteiger partial charge is 0.126 e. The highest BCUT2D eigenvalue weighted by Gasteiger charge is 2.14. The lowest BCUT2D eigenvalue weighted by Crippen LogP contribution is -2.09. The maximum atomic E-state index is 13.2. The molecule has 0 spiro atoms. The molecule has 1 nitrogen and oxygen atoms in total. The normalized spacial score (nSPS) is 12.2. The molecule has 19 heavy (non-hydrogen) atoms. The van der Waals surface area contributed by atoms with Crippen LogP contribution in [-0.2, 0) is 0 Å². The zero-order valence-corrected chi connectivity index (χ0v) is 10.9. The second kappa shape index (κ2) is 6.53. The highest BCUT2D eigenvalue weighted by molar-refractivity contribution is 6.17. The summed E-state index contributed by atoms with van der Waals surface area (Å²) in [6, 6.07) is 12.0. The van der Waals surface area contributed by atoms with Crippen LogP contribution in [0.5, 0.6) is 5.75 Å². The predicted molar refractivity (Wildman–Crippen MR) is 71.5 cm³/mol. The van der Waals surface area contributed by atoms with Crippen LogP contribution < -0.4 is 4.74 Å². The molecular formula is C15H13ClF2O. The van der Waals surface area contributed by atoms with Gasteiger partial charge in [0.25, 0.3) is 0 Å². The molecule has 0 aliphatic heterocycles. The van der Waals surface area contributed by atoms with Crippen molar-refractivity contribution in [3.8, 4) is 5.75 Å². The highest BCUT2D eigenvalue weighted by Crippen LogP contribution is 2.26. The van der Waals surface area contributed by atoms with Gasteiger partial charge in [-0.15, -0.1) is 11.6 Å². The molecule has 0 aromatic heterocycles. The quantitative estimate of drug-likeness (QED) is 0.722. The van der Waals surface area contributed by atoms with E-state index in [0.29, 0.717) is 23.6 Å². The highest BCUT2D eigenvalue weighted by atomic mass is 35.5. The molecule has 1 unspecified atom stereocenters. The van der Waals surface area contributed by atoms with E-state index in [9.17, 15) is 8.78 Å². The summed E-state index contributed by atoms with van der Waals surface area (Å²) in [5, 5.41) is 0. The third-order valence-corrected chi connectivity index (χ3v) is 2.88. The number of halogens is 3. The van der Waals surface area contributed by atoms with Crippen LogP contribution in [0.15, 0.2) is 48.5 Å². The van der Waals surface area contributed by atoms with E-state index in [4.69, 9.17) is 16.3 Å². The van der Waals surface area contributed by atoms with Gasteiger partial charge in [-0.3, -0.25) is 0 Å². The second-order valence-corrected chi connectivity index (χ2v) is 4.47. The van der Waals surface area contributed by atoms with Crippen molar-refractivity contribution in [2.75, 3.05) is 5.88 Å². The fourth-order valence-electron chi connectivity index (χ4n) is 1.80. The van der Waals surface area contributed by atoms with Crippen LogP contribution >= 0.6 is 11.6 Å². The van der Waals surface area contributed by atoms with Gasteiger partial charge in [0.1, 0.15) is 23.5 Å². The van der Waals surface area contributed by atoms with Crippen molar-refractivity contribution >= 4 is 11.6 Å². The van der Waals surface area contributed by atoms with Gasteiger partial charge in [0.15, 0.2) is 0 Å². The molecule has 0 aliphatic rings. The van der Waals surface area contributed by atoms with Crippen molar-refractivity contribution < 1.29 is 13.5 Å². The first-order valence-corrected chi connectivity index (χ1v) is 6.46. The molecule has 0 radical (unpaired) electrons. The molecule has 0 fully saturated rings. The maximum absolute atomic E-state index is 13.2. The van der Waals surface area contributed by atoms with Crippen molar-refractivity contribution in [1.82, 2.24) is 0 Å². The van der Waals surface area contributed by atoms with Gasteiger partial charge in [0.05, 0.1) is 0 Å². The number of rotatable bonds is 5. The summed E-state index contributed by atoms with van der Waals surface area (Å²) in [6.45, 7) is 0. The lowest BCUT2D eigenvalue weighted by Gasteiger charge is -2.18. The molecule has 0 aliphatic carbocycles. The number of hydrogen-bond acceptors (Lipinski definition) is 1. The summed E-state index contributed by atoms with van der Waals surface area (Å²) in [6.07, 6.45) is 0.122. The Kier molecular flexibility index (Phi) is 4.74. The Morgan fingerprint density at radius 2 is 1.68 bits per heavy atom. The Bertz CT molecular complexity index is 545. The first kappa shape index (κ1) is 13.8. The lowest BCUT2D eigenvalue weighted by molar-refractivity contribution is 0.201. The molecule has 0 saturated carbocycles. The Morgan fingerprint density at radius 3 is 2.32 bits per heavy atom. The minimum atomic E-state index is -0.394. The van der Waals surface area contributed by atoms with Crippen LogP contribution in [0, 0.1) is 11.6 Å². The van der Waals surface area contributed by atoms with Gasteiger partial charge in [-0.05, 0) is 29.8 Å². The summed E-state index contributed by atoms with van der Waals surface area (Å²) < 4.78 is 32.0. The summed E-state index contributed by atoms with van der Waals surface area (Å²) in [5.74, 6) is 0.0666. The third kappa shape index (κ3) is 3.93. The van der Waals surface area contributed by atoms with E-state index in [0.717, 1.165) is 0 Å². The van der Waals surface area contributed by atoms with Crippen molar-refractivity contribution in [3.05, 3.63) is 65.7 Å². The zero-order chi connectivity index (χ0) is 13.7. The van der Waals surface area contributed by atoms with Crippen LogP contribution in [0.1, 0.15) is 18.1 Å². The van der Waals surface area contributed by atoms with E-state index in [-0.39, 0.29) is 11.6 Å². The number of hydrogen-bond donors (Lipinski definition) is 0. The molecule has 0 amide bonds. The maximum Gasteiger partial charge on any atom is 0.126 e. The van der Waals surface area contributed by atoms with Crippen molar-refractivity contribution in [1.29, 1.82) is 0 Å². The third-order valence-electron chi connectivity index (χ3n) is 2.67. The summed E-state index contributed by atoms with van der Waals surface area (Å²) in [5.41, 5.74) is 0.685. The summed E-state index contributed by atoms with van der Waals surface area (Å²) in [4.78, 5) is 0. The summed E-state index contributed by atoms with van der Waals surface area (Å²) >= 11 is 5.74. The van der Waals surface area contributed by atoms with E-state index in [1.807, 2.05) is 0 Å².